The maximum atomic E-state index is 11.1. The van der Waals surface area contributed by atoms with Crippen LogP contribution in [-0.4, -0.2) is 20.9 Å². The van der Waals surface area contributed by atoms with E-state index in [-0.39, 0.29) is 11.6 Å². The number of nitrogens with one attached hydrogen (secondary N) is 1. The summed E-state index contributed by atoms with van der Waals surface area (Å²) in [6.07, 6.45) is 2.19. The zero-order chi connectivity index (χ0) is 15.4. The number of esters is 1. The average Bonchev–Trinajstić information content (AvgIpc) is 2.42. The molecule has 0 saturated heterocycles. The van der Waals surface area contributed by atoms with Crippen LogP contribution in [0.25, 0.3) is 0 Å². The maximum Gasteiger partial charge on any atom is 0.308 e. The summed E-state index contributed by atoms with van der Waals surface area (Å²) >= 11 is 0. The van der Waals surface area contributed by atoms with Crippen LogP contribution < -0.4 is 10.1 Å². The molecule has 0 spiro atoms. The standard InChI is InChI=1S/C13H12N4O4/c1-8-3-4-12(21-9(2)18)11(5-8)16-13-14-6-10(7-15-13)17(19)20/h3-7H,1-2H3,(H,14,15,16). The Kier molecular flexibility index (Phi) is 4.07. The van der Waals surface area contributed by atoms with Gasteiger partial charge in [0.1, 0.15) is 12.4 Å². The Balaban J connectivity index is 2.27. The van der Waals surface area contributed by atoms with Gasteiger partial charge in [-0.2, -0.15) is 0 Å². The second kappa shape index (κ2) is 5.95. The molecule has 2 rings (SSSR count). The van der Waals surface area contributed by atoms with E-state index < -0.39 is 10.9 Å². The molecule has 2 aromatic rings. The highest BCUT2D eigenvalue weighted by Crippen LogP contribution is 2.28. The van der Waals surface area contributed by atoms with Crippen LogP contribution in [0, 0.1) is 17.0 Å². The molecule has 1 aromatic carbocycles. The number of nitrogens with zero attached hydrogens (tertiary/aromatic N) is 3. The molecule has 0 radical (unpaired) electrons. The maximum absolute atomic E-state index is 11.1. The van der Waals surface area contributed by atoms with Gasteiger partial charge in [-0.25, -0.2) is 9.97 Å². The summed E-state index contributed by atoms with van der Waals surface area (Å²) in [5.41, 5.74) is 1.24. The SMILES string of the molecule is CC(=O)Oc1ccc(C)cc1Nc1ncc([N+](=O)[O-])cn1. The van der Waals surface area contributed by atoms with Gasteiger partial charge in [-0.15, -0.1) is 0 Å². The van der Waals surface area contributed by atoms with Crippen LogP contribution in [0.1, 0.15) is 12.5 Å². The highest BCUT2D eigenvalue weighted by atomic mass is 16.6. The summed E-state index contributed by atoms with van der Waals surface area (Å²) < 4.78 is 5.07. The predicted octanol–water partition coefficient (Wildman–Crippen LogP) is 2.36. The lowest BCUT2D eigenvalue weighted by Crippen LogP contribution is -2.05. The van der Waals surface area contributed by atoms with Crippen molar-refractivity contribution in [2.45, 2.75) is 13.8 Å². The van der Waals surface area contributed by atoms with Crippen LogP contribution in [0.15, 0.2) is 30.6 Å². The van der Waals surface area contributed by atoms with Crippen molar-refractivity contribution in [3.63, 3.8) is 0 Å². The van der Waals surface area contributed by atoms with Crippen LogP contribution in [0.4, 0.5) is 17.3 Å². The molecule has 0 atom stereocenters. The van der Waals surface area contributed by atoms with Gasteiger partial charge in [0.25, 0.3) is 0 Å². The van der Waals surface area contributed by atoms with Crippen molar-refractivity contribution in [2.75, 3.05) is 5.32 Å². The molecule has 0 aliphatic rings. The lowest BCUT2D eigenvalue weighted by atomic mass is 10.2. The van der Waals surface area contributed by atoms with E-state index in [1.807, 2.05) is 6.92 Å². The molecule has 0 aliphatic carbocycles. The summed E-state index contributed by atoms with van der Waals surface area (Å²) in [6.45, 7) is 3.17. The van der Waals surface area contributed by atoms with Gasteiger partial charge in [0.05, 0.1) is 10.6 Å². The molecule has 0 amide bonds. The number of rotatable bonds is 4. The van der Waals surface area contributed by atoms with Gasteiger partial charge in [-0.1, -0.05) is 6.07 Å². The topological polar surface area (TPSA) is 107 Å². The normalized spacial score (nSPS) is 10.0. The monoisotopic (exact) mass is 288 g/mol. The Labute approximate surface area is 120 Å². The first kappa shape index (κ1) is 14.4. The second-order valence-electron chi connectivity index (χ2n) is 4.24. The smallest absolute Gasteiger partial charge is 0.308 e. The third kappa shape index (κ3) is 3.72. The van der Waals surface area contributed by atoms with E-state index in [9.17, 15) is 14.9 Å². The van der Waals surface area contributed by atoms with Crippen LogP contribution in [0.2, 0.25) is 0 Å². The lowest BCUT2D eigenvalue weighted by molar-refractivity contribution is -0.385. The third-order valence-electron chi connectivity index (χ3n) is 2.48. The number of nitro groups is 1. The molecule has 0 bridgehead atoms. The summed E-state index contributed by atoms with van der Waals surface area (Å²) in [7, 11) is 0. The number of aryl methyl sites for hydroxylation is 1. The molecule has 1 N–H and O–H groups in total. The molecule has 0 aliphatic heterocycles. The van der Waals surface area contributed by atoms with E-state index in [1.165, 1.54) is 6.92 Å². The second-order valence-corrected chi connectivity index (χ2v) is 4.24. The quantitative estimate of drug-likeness (QED) is 0.398. The molecule has 0 unspecified atom stereocenters. The van der Waals surface area contributed by atoms with Crippen molar-refractivity contribution in [1.82, 2.24) is 9.97 Å². The van der Waals surface area contributed by atoms with E-state index in [0.29, 0.717) is 11.4 Å². The largest absolute Gasteiger partial charge is 0.424 e. The molecule has 8 heteroatoms. The zero-order valence-electron chi connectivity index (χ0n) is 11.4. The number of carbonyl (C=O) groups excluding carboxylic acids is 1. The number of aromatic nitrogens is 2. The van der Waals surface area contributed by atoms with Gasteiger partial charge in [-0.3, -0.25) is 14.9 Å². The number of benzene rings is 1. The van der Waals surface area contributed by atoms with Gasteiger partial charge < -0.3 is 10.1 Å². The fraction of sp³-hybridized carbons (Fsp3) is 0.154. The molecular formula is C13H12N4O4. The Hall–Kier alpha value is -3.03. The Bertz CT molecular complexity index is 685. The molecule has 1 heterocycles. The van der Waals surface area contributed by atoms with Gasteiger partial charge >= 0.3 is 11.7 Å². The summed E-state index contributed by atoms with van der Waals surface area (Å²) in [6, 6.07) is 5.19. The number of ether oxygens (including phenoxy) is 1. The lowest BCUT2D eigenvalue weighted by Gasteiger charge is -2.10. The van der Waals surface area contributed by atoms with Gasteiger partial charge in [-0.05, 0) is 24.6 Å². The molecule has 1 aromatic heterocycles. The molecule has 8 nitrogen and oxygen atoms in total. The van der Waals surface area contributed by atoms with Gasteiger partial charge in [0.15, 0.2) is 5.75 Å². The van der Waals surface area contributed by atoms with Crippen molar-refractivity contribution in [1.29, 1.82) is 0 Å². The van der Waals surface area contributed by atoms with Crippen molar-refractivity contribution < 1.29 is 14.5 Å². The minimum atomic E-state index is -0.583. The number of anilines is 2. The van der Waals surface area contributed by atoms with Crippen LogP contribution >= 0.6 is 0 Å². The Morgan fingerprint density at radius 1 is 1.33 bits per heavy atom. The molecule has 0 fully saturated rings. The fourth-order valence-corrected chi connectivity index (χ4v) is 1.59. The molecular weight excluding hydrogens is 276 g/mol. The minimum absolute atomic E-state index is 0.166. The highest BCUT2D eigenvalue weighted by molar-refractivity contribution is 5.74. The van der Waals surface area contributed by atoms with Crippen molar-refractivity contribution >= 4 is 23.3 Å². The van der Waals surface area contributed by atoms with Crippen molar-refractivity contribution in [2.24, 2.45) is 0 Å². The van der Waals surface area contributed by atoms with Crippen molar-refractivity contribution in [3.05, 3.63) is 46.3 Å². The summed E-state index contributed by atoms with van der Waals surface area (Å²) in [4.78, 5) is 28.7. The van der Waals surface area contributed by atoms with E-state index >= 15 is 0 Å². The van der Waals surface area contributed by atoms with E-state index in [1.54, 1.807) is 18.2 Å². The van der Waals surface area contributed by atoms with Crippen molar-refractivity contribution in [3.8, 4) is 5.75 Å². The minimum Gasteiger partial charge on any atom is -0.424 e. The number of hydrogen-bond donors (Lipinski definition) is 1. The Morgan fingerprint density at radius 2 is 2.00 bits per heavy atom. The fourth-order valence-electron chi connectivity index (χ4n) is 1.59. The Morgan fingerprint density at radius 3 is 2.57 bits per heavy atom. The number of carbonyl (C=O) groups is 1. The van der Waals surface area contributed by atoms with Crippen LogP contribution in [0.5, 0.6) is 5.75 Å². The number of hydrogen-bond acceptors (Lipinski definition) is 7. The first-order valence-electron chi connectivity index (χ1n) is 5.98. The van der Waals surface area contributed by atoms with E-state index in [2.05, 4.69) is 15.3 Å². The van der Waals surface area contributed by atoms with Gasteiger partial charge in [0.2, 0.25) is 5.95 Å². The van der Waals surface area contributed by atoms with E-state index in [0.717, 1.165) is 18.0 Å². The van der Waals surface area contributed by atoms with Crippen LogP contribution in [0.3, 0.4) is 0 Å². The zero-order valence-corrected chi connectivity index (χ0v) is 11.4. The van der Waals surface area contributed by atoms with Crippen LogP contribution in [-0.2, 0) is 4.79 Å². The third-order valence-corrected chi connectivity index (χ3v) is 2.48. The summed E-state index contributed by atoms with van der Waals surface area (Å²) in [5.74, 6) is 0.0428. The molecule has 21 heavy (non-hydrogen) atoms. The first-order chi connectivity index (χ1) is 9.95. The molecule has 0 saturated carbocycles. The first-order valence-corrected chi connectivity index (χ1v) is 5.98. The van der Waals surface area contributed by atoms with Gasteiger partial charge in [0, 0.05) is 6.92 Å². The molecule has 108 valence electrons. The average molecular weight is 288 g/mol. The highest BCUT2D eigenvalue weighted by Gasteiger charge is 2.10. The predicted molar refractivity (Wildman–Crippen MR) is 74.5 cm³/mol. The summed E-state index contributed by atoms with van der Waals surface area (Å²) in [5, 5.41) is 13.4. The van der Waals surface area contributed by atoms with E-state index in [4.69, 9.17) is 4.74 Å².